The molecule has 1 unspecified atom stereocenters. The van der Waals surface area contributed by atoms with Crippen LogP contribution < -0.4 is 11.5 Å². The number of likely N-dealkylation sites (tertiary alicyclic amines) is 1. The van der Waals surface area contributed by atoms with Crippen LogP contribution in [-0.4, -0.2) is 64.5 Å². The summed E-state index contributed by atoms with van der Waals surface area (Å²) in [6.45, 7) is 3.23. The normalized spacial score (nSPS) is 18.1. The van der Waals surface area contributed by atoms with Gasteiger partial charge in [-0.1, -0.05) is 36.4 Å². The maximum Gasteiger partial charge on any atom is 0.291 e. The van der Waals surface area contributed by atoms with Gasteiger partial charge in [-0.25, -0.2) is 4.98 Å². The molecule has 1 atom stereocenters. The molecule has 0 radical (unpaired) electrons. The molecule has 12 nitrogen and oxygen atoms in total. The molecule has 5 aromatic rings. The fourth-order valence-corrected chi connectivity index (χ4v) is 5.86. The Morgan fingerprint density at radius 1 is 1.07 bits per heavy atom. The first-order valence-electron chi connectivity index (χ1n) is 13.4. The number of nitrogens with zero attached hydrogens (tertiary/aromatic N) is 8. The molecule has 1 amide bonds. The van der Waals surface area contributed by atoms with E-state index in [1.54, 1.807) is 9.42 Å². The van der Waals surface area contributed by atoms with Gasteiger partial charge in [0.2, 0.25) is 11.8 Å². The quantitative estimate of drug-likeness (QED) is 0.318. The molecule has 12 heteroatoms. The Hall–Kier alpha value is -5.00. The number of nitrogens with one attached hydrogen (secondary N) is 1. The van der Waals surface area contributed by atoms with E-state index in [4.69, 9.17) is 21.4 Å². The number of nitrogen functional groups attached to an aromatic ring is 2. The van der Waals surface area contributed by atoms with Crippen LogP contribution in [0.3, 0.4) is 0 Å². The molecular formula is C28H29N11O. The molecule has 0 aliphatic carbocycles. The number of H-pyrrole nitrogens is 1. The number of aromatic nitrogens is 7. The summed E-state index contributed by atoms with van der Waals surface area (Å²) in [4.78, 5) is 28.4. The van der Waals surface area contributed by atoms with Crippen molar-refractivity contribution in [3.63, 3.8) is 0 Å². The van der Waals surface area contributed by atoms with Crippen molar-refractivity contribution in [3.05, 3.63) is 71.3 Å². The van der Waals surface area contributed by atoms with Crippen molar-refractivity contribution in [1.29, 1.82) is 0 Å². The molecule has 7 rings (SSSR count). The van der Waals surface area contributed by atoms with Gasteiger partial charge in [-0.3, -0.25) is 14.9 Å². The molecule has 4 aromatic heterocycles. The zero-order chi connectivity index (χ0) is 27.4. The molecule has 202 valence electrons. The molecule has 1 aromatic carbocycles. The second-order valence-corrected chi connectivity index (χ2v) is 10.4. The van der Waals surface area contributed by atoms with Crippen molar-refractivity contribution in [1.82, 2.24) is 39.2 Å². The third-order valence-corrected chi connectivity index (χ3v) is 7.94. The lowest BCUT2D eigenvalue weighted by Crippen LogP contribution is -2.39. The molecule has 0 spiro atoms. The Morgan fingerprint density at radius 3 is 2.58 bits per heavy atom. The van der Waals surface area contributed by atoms with Gasteiger partial charge in [-0.15, -0.1) is 5.10 Å². The Bertz CT molecular complexity index is 1800. The van der Waals surface area contributed by atoms with E-state index in [0.29, 0.717) is 18.9 Å². The van der Waals surface area contributed by atoms with Gasteiger partial charge >= 0.3 is 0 Å². The molecule has 2 aliphatic rings. The third kappa shape index (κ3) is 3.91. The number of amides is 1. The fourth-order valence-electron chi connectivity index (χ4n) is 5.86. The number of aryl methyl sites for hydroxylation is 1. The average Bonchev–Trinajstić information content (AvgIpc) is 3.71. The van der Waals surface area contributed by atoms with Gasteiger partial charge in [0.05, 0.1) is 17.3 Å². The van der Waals surface area contributed by atoms with Crippen LogP contribution in [0.15, 0.2) is 53.8 Å². The summed E-state index contributed by atoms with van der Waals surface area (Å²) in [7, 11) is 0. The standard InChI is InChI=1S/C28H29N11O/c1-16-15-38(19-9-11-37(12-10-19)27(40)24-33-28(30)36-35-24)26-22(16)23(29)39-25(34-26)20(14-32-39)18-7-8-21(31-13-18)17-5-3-2-4-6-17/h2-6,8,13-15,18-19H,7,9-12,29H2,1H3,(H3,30,33,35,36). The zero-order valence-electron chi connectivity index (χ0n) is 22.0. The van der Waals surface area contributed by atoms with Crippen LogP contribution in [-0.2, 0) is 0 Å². The number of carbonyl (C=O) groups excluding carboxylic acids is 1. The van der Waals surface area contributed by atoms with E-state index < -0.39 is 0 Å². The van der Waals surface area contributed by atoms with Gasteiger partial charge in [0.1, 0.15) is 11.5 Å². The Balaban J connectivity index is 1.18. The number of allylic oxidation sites excluding steroid dienone is 1. The van der Waals surface area contributed by atoms with Gasteiger partial charge in [0.15, 0.2) is 5.65 Å². The summed E-state index contributed by atoms with van der Waals surface area (Å²) >= 11 is 0. The molecule has 2 aliphatic heterocycles. The van der Waals surface area contributed by atoms with Crippen LogP contribution in [0.1, 0.15) is 58.5 Å². The first-order chi connectivity index (χ1) is 19.5. The summed E-state index contributed by atoms with van der Waals surface area (Å²) in [5.74, 6) is 0.668. The number of hydrogen-bond acceptors (Lipinski definition) is 8. The molecule has 40 heavy (non-hydrogen) atoms. The molecule has 5 N–H and O–H groups in total. The van der Waals surface area contributed by atoms with E-state index in [2.05, 4.69) is 49.3 Å². The van der Waals surface area contributed by atoms with Crippen LogP contribution in [0.5, 0.6) is 0 Å². The maximum absolute atomic E-state index is 12.8. The van der Waals surface area contributed by atoms with E-state index in [1.807, 2.05) is 37.5 Å². The number of anilines is 2. The minimum Gasteiger partial charge on any atom is -0.383 e. The largest absolute Gasteiger partial charge is 0.383 e. The summed E-state index contributed by atoms with van der Waals surface area (Å²) in [5, 5.41) is 11.9. The highest BCUT2D eigenvalue weighted by Crippen LogP contribution is 2.35. The van der Waals surface area contributed by atoms with Gasteiger partial charge < -0.3 is 20.9 Å². The van der Waals surface area contributed by atoms with Crippen molar-refractivity contribution < 1.29 is 4.79 Å². The smallest absolute Gasteiger partial charge is 0.291 e. The van der Waals surface area contributed by atoms with E-state index in [1.165, 1.54) is 0 Å². The first kappa shape index (κ1) is 24.1. The second-order valence-electron chi connectivity index (χ2n) is 10.4. The highest BCUT2D eigenvalue weighted by atomic mass is 16.2. The second kappa shape index (κ2) is 9.33. The average molecular weight is 536 g/mol. The Labute approximate surface area is 229 Å². The van der Waals surface area contributed by atoms with E-state index in [-0.39, 0.29) is 29.6 Å². The van der Waals surface area contributed by atoms with Crippen molar-refractivity contribution >= 4 is 46.3 Å². The van der Waals surface area contributed by atoms with Gasteiger partial charge in [-0.05, 0) is 37.3 Å². The minimum absolute atomic E-state index is 0.0539. The van der Waals surface area contributed by atoms with Crippen molar-refractivity contribution in [2.75, 3.05) is 24.6 Å². The Kier molecular flexibility index (Phi) is 5.61. The minimum atomic E-state index is -0.192. The van der Waals surface area contributed by atoms with Crippen molar-refractivity contribution in [2.24, 2.45) is 4.99 Å². The number of fused-ring (bicyclic) bond motifs is 2. The highest BCUT2D eigenvalue weighted by molar-refractivity contribution is 5.93. The highest BCUT2D eigenvalue weighted by Gasteiger charge is 2.29. The van der Waals surface area contributed by atoms with Gasteiger partial charge in [-0.2, -0.15) is 14.6 Å². The zero-order valence-corrected chi connectivity index (χ0v) is 22.0. The van der Waals surface area contributed by atoms with Gasteiger partial charge in [0, 0.05) is 43.0 Å². The summed E-state index contributed by atoms with van der Waals surface area (Å²) < 4.78 is 3.96. The SMILES string of the molecule is Cc1cn(C2CCN(C(=O)c3nc(N)n[nH]3)CC2)c2nc3c(C4C=NC(c5ccccc5)=CC4)cnn3c(N)c12. The van der Waals surface area contributed by atoms with E-state index in [0.717, 1.165) is 58.3 Å². The van der Waals surface area contributed by atoms with Gasteiger partial charge in [0.25, 0.3) is 5.91 Å². The predicted molar refractivity (Wildman–Crippen MR) is 153 cm³/mol. The van der Waals surface area contributed by atoms with Crippen LogP contribution in [0.2, 0.25) is 0 Å². The molecule has 1 saturated heterocycles. The number of carbonyl (C=O) groups is 1. The van der Waals surface area contributed by atoms with Crippen LogP contribution >= 0.6 is 0 Å². The van der Waals surface area contributed by atoms with Crippen molar-refractivity contribution in [3.8, 4) is 0 Å². The lowest BCUT2D eigenvalue weighted by Gasteiger charge is -2.32. The van der Waals surface area contributed by atoms with Crippen LogP contribution in [0.25, 0.3) is 22.4 Å². The fraction of sp³-hybridized carbons (Fsp3) is 0.286. The number of rotatable bonds is 4. The number of piperidine rings is 1. The number of aliphatic imine (C=N–C) groups is 1. The number of nitrogens with two attached hydrogens (primary N) is 2. The summed E-state index contributed by atoms with van der Waals surface area (Å²) in [5.41, 5.74) is 18.0. The molecule has 0 bridgehead atoms. The van der Waals surface area contributed by atoms with E-state index in [9.17, 15) is 4.79 Å². The molecule has 0 saturated carbocycles. The predicted octanol–water partition coefficient (Wildman–Crippen LogP) is 3.35. The summed E-state index contributed by atoms with van der Waals surface area (Å²) in [6, 6.07) is 10.4. The maximum atomic E-state index is 12.8. The van der Waals surface area contributed by atoms with E-state index >= 15 is 0 Å². The topological polar surface area (TPSA) is 161 Å². The number of benzene rings is 1. The van der Waals surface area contributed by atoms with Crippen LogP contribution in [0, 0.1) is 6.92 Å². The Morgan fingerprint density at radius 2 is 1.88 bits per heavy atom. The lowest BCUT2D eigenvalue weighted by atomic mass is 9.95. The number of aromatic amines is 1. The van der Waals surface area contributed by atoms with Crippen molar-refractivity contribution in [2.45, 2.75) is 38.1 Å². The first-order valence-corrected chi connectivity index (χ1v) is 13.4. The monoisotopic (exact) mass is 535 g/mol. The summed E-state index contributed by atoms with van der Waals surface area (Å²) in [6.07, 6.45) is 10.5. The van der Waals surface area contributed by atoms with Crippen LogP contribution in [0.4, 0.5) is 11.8 Å². The number of hydrogen-bond donors (Lipinski definition) is 3. The molecule has 1 fully saturated rings. The molecule has 6 heterocycles. The molecular weight excluding hydrogens is 506 g/mol. The lowest BCUT2D eigenvalue weighted by molar-refractivity contribution is 0.0684. The third-order valence-electron chi connectivity index (χ3n) is 7.94.